The van der Waals surface area contributed by atoms with Gasteiger partial charge >= 0.3 is 5.97 Å². The lowest BCUT2D eigenvalue weighted by Crippen LogP contribution is -2.15. The molecule has 1 heterocycles. The first-order chi connectivity index (χ1) is 9.56. The van der Waals surface area contributed by atoms with Crippen LogP contribution in [-0.2, 0) is 9.53 Å². The van der Waals surface area contributed by atoms with Gasteiger partial charge in [0.05, 0.1) is 19.1 Å². The molecule has 0 saturated heterocycles. The van der Waals surface area contributed by atoms with E-state index in [1.807, 2.05) is 33.1 Å². The van der Waals surface area contributed by atoms with Gasteiger partial charge in [-0.1, -0.05) is 18.7 Å². The number of hydrogen-bond acceptors (Lipinski definition) is 6. The van der Waals surface area contributed by atoms with Crippen LogP contribution in [0, 0.1) is 12.8 Å². The third kappa shape index (κ3) is 5.77. The van der Waals surface area contributed by atoms with Gasteiger partial charge in [0.15, 0.2) is 5.16 Å². The highest BCUT2D eigenvalue weighted by atomic mass is 32.2. The van der Waals surface area contributed by atoms with Crippen LogP contribution < -0.4 is 4.74 Å². The fourth-order valence-corrected chi connectivity index (χ4v) is 2.06. The number of carbonyl (C=O) groups is 1. The molecule has 1 unspecified atom stereocenters. The van der Waals surface area contributed by atoms with Gasteiger partial charge in [-0.3, -0.25) is 4.79 Å². The van der Waals surface area contributed by atoms with Crippen molar-refractivity contribution in [2.75, 3.05) is 19.5 Å². The van der Waals surface area contributed by atoms with Crippen LogP contribution in [-0.4, -0.2) is 35.4 Å². The highest BCUT2D eigenvalue weighted by Gasteiger charge is 2.13. The lowest BCUT2D eigenvalue weighted by atomic mass is 10.1. The number of hydrogen-bond donors (Lipinski definition) is 0. The maximum atomic E-state index is 11.4. The highest BCUT2D eigenvalue weighted by Crippen LogP contribution is 2.16. The Morgan fingerprint density at radius 3 is 2.85 bits per heavy atom. The third-order valence-electron chi connectivity index (χ3n) is 2.71. The van der Waals surface area contributed by atoms with Gasteiger partial charge in [-0.2, -0.15) is 4.98 Å². The van der Waals surface area contributed by atoms with E-state index < -0.39 is 0 Å². The molecule has 5 nitrogen and oxygen atoms in total. The standard InChI is InChI=1S/C14H22N2O3S/c1-5-18-13(17)10(2)7-6-8-19-12-9-11(3)15-14(16-12)20-4/h9-10H,5-8H2,1-4H3. The van der Waals surface area contributed by atoms with E-state index in [1.165, 1.54) is 11.8 Å². The molecular formula is C14H22N2O3S. The van der Waals surface area contributed by atoms with Crippen LogP contribution in [0.1, 0.15) is 32.4 Å². The third-order valence-corrected chi connectivity index (χ3v) is 3.26. The molecule has 0 aliphatic rings. The molecule has 1 atom stereocenters. The Hall–Kier alpha value is -1.30. The van der Waals surface area contributed by atoms with Gasteiger partial charge in [0, 0.05) is 11.8 Å². The normalized spacial score (nSPS) is 12.0. The van der Waals surface area contributed by atoms with Crippen LogP contribution in [0.3, 0.4) is 0 Å². The molecule has 0 fully saturated rings. The minimum Gasteiger partial charge on any atom is -0.478 e. The van der Waals surface area contributed by atoms with Crippen molar-refractivity contribution in [3.63, 3.8) is 0 Å². The van der Waals surface area contributed by atoms with Crippen molar-refractivity contribution in [1.29, 1.82) is 0 Å². The second-order valence-electron chi connectivity index (χ2n) is 4.48. The fraction of sp³-hybridized carbons (Fsp3) is 0.643. The Kier molecular flexibility index (Phi) is 7.36. The van der Waals surface area contributed by atoms with E-state index in [9.17, 15) is 4.79 Å². The highest BCUT2D eigenvalue weighted by molar-refractivity contribution is 7.98. The van der Waals surface area contributed by atoms with E-state index in [1.54, 1.807) is 0 Å². The van der Waals surface area contributed by atoms with Gasteiger partial charge in [-0.25, -0.2) is 4.98 Å². The van der Waals surface area contributed by atoms with E-state index in [4.69, 9.17) is 9.47 Å². The van der Waals surface area contributed by atoms with E-state index in [-0.39, 0.29) is 11.9 Å². The summed E-state index contributed by atoms with van der Waals surface area (Å²) in [4.78, 5) is 20.0. The number of rotatable bonds is 8. The smallest absolute Gasteiger partial charge is 0.308 e. The molecular weight excluding hydrogens is 276 g/mol. The average molecular weight is 298 g/mol. The Morgan fingerprint density at radius 1 is 1.45 bits per heavy atom. The predicted octanol–water partition coefficient (Wildman–Crippen LogP) is 2.87. The summed E-state index contributed by atoms with van der Waals surface area (Å²) in [6, 6.07) is 1.81. The lowest BCUT2D eigenvalue weighted by molar-refractivity contribution is -0.147. The number of carbonyl (C=O) groups excluding carboxylic acids is 1. The zero-order valence-corrected chi connectivity index (χ0v) is 13.3. The Bertz CT molecular complexity index is 440. The van der Waals surface area contributed by atoms with Gasteiger partial charge in [-0.05, 0) is 32.9 Å². The second kappa shape index (κ2) is 8.79. The number of aromatic nitrogens is 2. The average Bonchev–Trinajstić information content (AvgIpc) is 2.43. The second-order valence-corrected chi connectivity index (χ2v) is 5.25. The molecule has 1 aromatic rings. The number of thioether (sulfide) groups is 1. The number of ether oxygens (including phenoxy) is 2. The van der Waals surface area contributed by atoms with Gasteiger partial charge in [0.1, 0.15) is 0 Å². The lowest BCUT2D eigenvalue weighted by Gasteiger charge is -2.11. The molecule has 0 aliphatic carbocycles. The summed E-state index contributed by atoms with van der Waals surface area (Å²) < 4.78 is 10.6. The molecule has 0 aromatic carbocycles. The first-order valence-corrected chi connectivity index (χ1v) is 7.98. The van der Waals surface area contributed by atoms with Crippen LogP contribution in [0.25, 0.3) is 0 Å². The Morgan fingerprint density at radius 2 is 2.20 bits per heavy atom. The minimum absolute atomic E-state index is 0.0903. The van der Waals surface area contributed by atoms with Gasteiger partial charge < -0.3 is 9.47 Å². The van der Waals surface area contributed by atoms with E-state index >= 15 is 0 Å². The van der Waals surface area contributed by atoms with Crippen LogP contribution in [0.2, 0.25) is 0 Å². The topological polar surface area (TPSA) is 61.3 Å². The molecule has 0 spiro atoms. The van der Waals surface area contributed by atoms with Crippen molar-refractivity contribution in [2.45, 2.75) is 38.8 Å². The summed E-state index contributed by atoms with van der Waals surface area (Å²) in [5, 5.41) is 0.708. The molecule has 0 radical (unpaired) electrons. The molecule has 0 aliphatic heterocycles. The van der Waals surface area contributed by atoms with Crippen molar-refractivity contribution in [2.24, 2.45) is 5.92 Å². The summed E-state index contributed by atoms with van der Waals surface area (Å²) in [6.45, 7) is 6.57. The van der Waals surface area contributed by atoms with Gasteiger partial charge in [-0.15, -0.1) is 0 Å². The summed E-state index contributed by atoms with van der Waals surface area (Å²) in [5.41, 5.74) is 0.888. The molecule has 1 aromatic heterocycles. The molecule has 0 bridgehead atoms. The number of aryl methyl sites for hydroxylation is 1. The Balaban J connectivity index is 2.34. The minimum atomic E-state index is -0.143. The van der Waals surface area contributed by atoms with Crippen LogP contribution in [0.5, 0.6) is 5.88 Å². The van der Waals surface area contributed by atoms with Crippen LogP contribution >= 0.6 is 11.8 Å². The molecule has 0 N–H and O–H groups in total. The van der Waals surface area contributed by atoms with Crippen molar-refractivity contribution in [3.8, 4) is 5.88 Å². The predicted molar refractivity (Wildman–Crippen MR) is 79.1 cm³/mol. The summed E-state index contributed by atoms with van der Waals surface area (Å²) >= 11 is 1.49. The summed E-state index contributed by atoms with van der Waals surface area (Å²) in [6.07, 6.45) is 3.47. The Labute approximate surface area is 124 Å². The molecule has 112 valence electrons. The zero-order chi connectivity index (χ0) is 15.0. The number of esters is 1. The van der Waals surface area contributed by atoms with Crippen molar-refractivity contribution in [3.05, 3.63) is 11.8 Å². The maximum absolute atomic E-state index is 11.4. The van der Waals surface area contributed by atoms with Crippen LogP contribution in [0.15, 0.2) is 11.2 Å². The van der Waals surface area contributed by atoms with E-state index in [0.717, 1.165) is 18.5 Å². The SMILES string of the molecule is CCOC(=O)C(C)CCCOc1cc(C)nc(SC)n1. The first-order valence-electron chi connectivity index (χ1n) is 6.76. The summed E-state index contributed by atoms with van der Waals surface area (Å²) in [7, 11) is 0. The number of nitrogens with zero attached hydrogens (tertiary/aromatic N) is 2. The monoisotopic (exact) mass is 298 g/mol. The van der Waals surface area contributed by atoms with Crippen molar-refractivity contribution >= 4 is 17.7 Å². The first kappa shape index (κ1) is 16.8. The zero-order valence-electron chi connectivity index (χ0n) is 12.5. The molecule has 0 saturated carbocycles. The molecule has 6 heteroatoms. The summed E-state index contributed by atoms with van der Waals surface area (Å²) in [5.74, 6) is 0.355. The van der Waals surface area contributed by atoms with Gasteiger partial charge in [0.2, 0.25) is 5.88 Å². The molecule has 0 amide bonds. The quantitative estimate of drug-likeness (QED) is 0.318. The van der Waals surface area contributed by atoms with E-state index in [2.05, 4.69) is 9.97 Å². The molecule has 20 heavy (non-hydrogen) atoms. The van der Waals surface area contributed by atoms with Gasteiger partial charge in [0.25, 0.3) is 0 Å². The largest absolute Gasteiger partial charge is 0.478 e. The van der Waals surface area contributed by atoms with Crippen LogP contribution in [0.4, 0.5) is 0 Å². The van der Waals surface area contributed by atoms with E-state index in [0.29, 0.717) is 24.3 Å². The molecule has 1 rings (SSSR count). The fourth-order valence-electron chi connectivity index (χ4n) is 1.65. The maximum Gasteiger partial charge on any atom is 0.308 e. The van der Waals surface area contributed by atoms with Crippen molar-refractivity contribution < 1.29 is 14.3 Å². The van der Waals surface area contributed by atoms with Crippen molar-refractivity contribution in [1.82, 2.24) is 9.97 Å².